The zero-order valence-electron chi connectivity index (χ0n) is 14.1. The number of aromatic nitrogens is 2. The van der Waals surface area contributed by atoms with Gasteiger partial charge in [0.05, 0.1) is 17.4 Å². The average Bonchev–Trinajstić information content (AvgIpc) is 2.87. The molecule has 0 amide bonds. The molecule has 4 heteroatoms. The number of pyridine rings is 2. The van der Waals surface area contributed by atoms with E-state index in [1.54, 1.807) is 0 Å². The summed E-state index contributed by atoms with van der Waals surface area (Å²) in [7, 11) is 0. The molecule has 1 N–H and O–H groups in total. The Hall–Kier alpha value is -1.78. The van der Waals surface area contributed by atoms with Crippen molar-refractivity contribution in [2.75, 3.05) is 26.2 Å². The largest absolute Gasteiger partial charge is 0.315 e. The predicted molar refractivity (Wildman–Crippen MR) is 93.5 cm³/mol. The van der Waals surface area contributed by atoms with E-state index in [2.05, 4.69) is 48.3 Å². The van der Waals surface area contributed by atoms with E-state index in [-0.39, 0.29) is 6.04 Å². The minimum Gasteiger partial charge on any atom is -0.315 e. The Balaban J connectivity index is 1.95. The molecule has 0 spiro atoms. The van der Waals surface area contributed by atoms with Crippen LogP contribution in [0.25, 0.3) is 0 Å². The lowest BCUT2D eigenvalue weighted by Gasteiger charge is -2.29. The van der Waals surface area contributed by atoms with Crippen LogP contribution in [0.15, 0.2) is 36.7 Å². The average molecular weight is 310 g/mol. The maximum atomic E-state index is 4.75. The van der Waals surface area contributed by atoms with Gasteiger partial charge in [-0.2, -0.15) is 0 Å². The summed E-state index contributed by atoms with van der Waals surface area (Å²) in [4.78, 5) is 12.0. The Bertz CT molecular complexity index is 598. The van der Waals surface area contributed by atoms with Crippen LogP contribution in [-0.2, 0) is 6.42 Å². The molecule has 0 radical (unpaired) electrons. The minimum absolute atomic E-state index is 0.140. The summed E-state index contributed by atoms with van der Waals surface area (Å²) in [6.45, 7) is 8.45. The van der Waals surface area contributed by atoms with Gasteiger partial charge in [-0.15, -0.1) is 0 Å². The zero-order chi connectivity index (χ0) is 16.1. The fourth-order valence-electron chi connectivity index (χ4n) is 3.10. The van der Waals surface area contributed by atoms with Gasteiger partial charge in [-0.05, 0) is 49.6 Å². The van der Waals surface area contributed by atoms with Gasteiger partial charge < -0.3 is 5.32 Å². The molecule has 0 saturated carbocycles. The van der Waals surface area contributed by atoms with Gasteiger partial charge >= 0.3 is 0 Å². The normalized spacial score (nSPS) is 17.7. The zero-order valence-corrected chi connectivity index (χ0v) is 14.1. The van der Waals surface area contributed by atoms with Crippen molar-refractivity contribution in [3.8, 4) is 0 Å². The highest BCUT2D eigenvalue weighted by atomic mass is 15.2. The van der Waals surface area contributed by atoms with Crippen LogP contribution in [0.4, 0.5) is 0 Å². The molecular weight excluding hydrogens is 284 g/mol. The van der Waals surface area contributed by atoms with Crippen LogP contribution in [0.1, 0.15) is 41.9 Å². The van der Waals surface area contributed by atoms with Crippen LogP contribution in [0.2, 0.25) is 0 Å². The van der Waals surface area contributed by atoms with Gasteiger partial charge in [0, 0.05) is 32.0 Å². The number of aryl methyl sites for hydroxylation is 2. The van der Waals surface area contributed by atoms with E-state index in [0.29, 0.717) is 0 Å². The second-order valence-electron chi connectivity index (χ2n) is 6.25. The van der Waals surface area contributed by atoms with Crippen molar-refractivity contribution in [2.24, 2.45) is 0 Å². The van der Waals surface area contributed by atoms with Crippen molar-refractivity contribution >= 4 is 0 Å². The van der Waals surface area contributed by atoms with Gasteiger partial charge in [-0.1, -0.05) is 19.1 Å². The summed E-state index contributed by atoms with van der Waals surface area (Å²) in [6.07, 6.45) is 6.15. The third-order valence-corrected chi connectivity index (χ3v) is 4.49. The van der Waals surface area contributed by atoms with Crippen molar-refractivity contribution in [3.63, 3.8) is 0 Å². The highest BCUT2D eigenvalue weighted by Crippen LogP contribution is 2.26. The summed E-state index contributed by atoms with van der Waals surface area (Å²) in [5, 5.41) is 3.48. The lowest BCUT2D eigenvalue weighted by Crippen LogP contribution is -2.34. The molecule has 2 aromatic rings. The smallest absolute Gasteiger partial charge is 0.0950 e. The monoisotopic (exact) mass is 310 g/mol. The third kappa shape index (κ3) is 3.95. The lowest BCUT2D eigenvalue weighted by molar-refractivity contribution is 0.233. The molecule has 1 aliphatic heterocycles. The molecule has 0 bridgehead atoms. The predicted octanol–water partition coefficient (Wildman–Crippen LogP) is 2.73. The molecule has 1 atom stereocenters. The number of rotatable bonds is 4. The Morgan fingerprint density at radius 3 is 2.48 bits per heavy atom. The molecule has 0 aliphatic carbocycles. The second-order valence-corrected chi connectivity index (χ2v) is 6.25. The highest BCUT2D eigenvalue weighted by Gasteiger charge is 2.25. The summed E-state index contributed by atoms with van der Waals surface area (Å²) in [5.41, 5.74) is 4.66. The molecule has 3 rings (SSSR count). The third-order valence-electron chi connectivity index (χ3n) is 4.49. The van der Waals surface area contributed by atoms with Crippen molar-refractivity contribution in [3.05, 3.63) is 59.2 Å². The number of hydrogen-bond donors (Lipinski definition) is 1. The van der Waals surface area contributed by atoms with Crippen molar-refractivity contribution in [1.29, 1.82) is 0 Å². The van der Waals surface area contributed by atoms with E-state index in [1.165, 1.54) is 11.1 Å². The fourth-order valence-corrected chi connectivity index (χ4v) is 3.10. The molecule has 1 unspecified atom stereocenters. The molecule has 0 aromatic carbocycles. The van der Waals surface area contributed by atoms with E-state index in [4.69, 9.17) is 9.97 Å². The SMILES string of the molecule is CCc1ccc(C(c2ccc(C)cn2)N2CCCNCC2)nc1. The van der Waals surface area contributed by atoms with Gasteiger partial charge in [0.15, 0.2) is 0 Å². The van der Waals surface area contributed by atoms with Gasteiger partial charge in [-0.3, -0.25) is 14.9 Å². The van der Waals surface area contributed by atoms with Gasteiger partial charge in [0.25, 0.3) is 0 Å². The topological polar surface area (TPSA) is 41.1 Å². The lowest BCUT2D eigenvalue weighted by atomic mass is 10.0. The molecule has 23 heavy (non-hydrogen) atoms. The van der Waals surface area contributed by atoms with Crippen LogP contribution in [-0.4, -0.2) is 41.0 Å². The molecule has 3 heterocycles. The first-order valence-electron chi connectivity index (χ1n) is 8.60. The number of hydrogen-bond acceptors (Lipinski definition) is 4. The van der Waals surface area contributed by atoms with Crippen LogP contribution in [0, 0.1) is 6.92 Å². The van der Waals surface area contributed by atoms with E-state index >= 15 is 0 Å². The Kier molecular flexibility index (Phi) is 5.36. The fraction of sp³-hybridized carbons (Fsp3) is 0.474. The Morgan fingerprint density at radius 1 is 1.04 bits per heavy atom. The van der Waals surface area contributed by atoms with E-state index < -0.39 is 0 Å². The maximum absolute atomic E-state index is 4.75. The molecule has 2 aromatic heterocycles. The molecule has 1 aliphatic rings. The van der Waals surface area contributed by atoms with E-state index in [9.17, 15) is 0 Å². The number of nitrogens with zero attached hydrogens (tertiary/aromatic N) is 3. The first-order valence-corrected chi connectivity index (χ1v) is 8.60. The van der Waals surface area contributed by atoms with Crippen LogP contribution in [0.3, 0.4) is 0 Å². The molecule has 1 saturated heterocycles. The number of nitrogens with one attached hydrogen (secondary N) is 1. The van der Waals surface area contributed by atoms with Crippen LogP contribution < -0.4 is 5.32 Å². The van der Waals surface area contributed by atoms with Crippen molar-refractivity contribution in [1.82, 2.24) is 20.2 Å². The van der Waals surface area contributed by atoms with Crippen molar-refractivity contribution < 1.29 is 0 Å². The van der Waals surface area contributed by atoms with Crippen LogP contribution in [0.5, 0.6) is 0 Å². The van der Waals surface area contributed by atoms with E-state index in [1.807, 2.05) is 12.4 Å². The first kappa shape index (κ1) is 16.1. The van der Waals surface area contributed by atoms with Crippen molar-refractivity contribution in [2.45, 2.75) is 32.7 Å². The second kappa shape index (κ2) is 7.66. The first-order chi connectivity index (χ1) is 11.3. The maximum Gasteiger partial charge on any atom is 0.0950 e. The summed E-state index contributed by atoms with van der Waals surface area (Å²) >= 11 is 0. The van der Waals surface area contributed by atoms with Gasteiger partial charge in [0.1, 0.15) is 0 Å². The standard InChI is InChI=1S/C19H26N4/c1-3-16-6-8-18(22-14-16)19(17-7-5-15(2)13-21-17)23-11-4-9-20-10-12-23/h5-8,13-14,19-20H,3-4,9-12H2,1-2H3. The Morgan fingerprint density at radius 2 is 1.83 bits per heavy atom. The highest BCUT2D eigenvalue weighted by molar-refractivity contribution is 5.26. The van der Waals surface area contributed by atoms with Gasteiger partial charge in [-0.25, -0.2) is 0 Å². The summed E-state index contributed by atoms with van der Waals surface area (Å²) in [5.74, 6) is 0. The summed E-state index contributed by atoms with van der Waals surface area (Å²) in [6, 6.07) is 8.80. The molecular formula is C19H26N4. The molecule has 4 nitrogen and oxygen atoms in total. The quantitative estimate of drug-likeness (QED) is 0.943. The molecule has 1 fully saturated rings. The molecule has 122 valence electrons. The minimum atomic E-state index is 0.140. The van der Waals surface area contributed by atoms with Gasteiger partial charge in [0.2, 0.25) is 0 Å². The van der Waals surface area contributed by atoms with Crippen LogP contribution >= 0.6 is 0 Å². The Labute approximate surface area is 139 Å². The van der Waals surface area contributed by atoms with E-state index in [0.717, 1.165) is 50.4 Å². The summed E-state index contributed by atoms with van der Waals surface area (Å²) < 4.78 is 0.